The first-order chi connectivity index (χ1) is 10.9. The van der Waals surface area contributed by atoms with E-state index in [0.717, 1.165) is 18.2 Å². The normalized spacial score (nSPS) is 12.8. The lowest BCUT2D eigenvalue weighted by Gasteiger charge is -2.21. The summed E-state index contributed by atoms with van der Waals surface area (Å²) in [6, 6.07) is 1.17. The molecule has 1 aromatic heterocycles. The molecule has 0 aliphatic rings. The number of nitrogen functional groups attached to an aromatic ring is 1. The van der Waals surface area contributed by atoms with Crippen molar-refractivity contribution in [2.45, 2.75) is 31.5 Å². The number of amides is 1. The molecule has 0 bridgehead atoms. The molecule has 0 aromatic carbocycles. The minimum absolute atomic E-state index is 0.0231. The zero-order valence-electron chi connectivity index (χ0n) is 13.2. The molecule has 0 saturated heterocycles. The summed E-state index contributed by atoms with van der Waals surface area (Å²) in [7, 11) is 1.28. The fraction of sp³-hybridized carbons (Fsp3) is 0.500. The lowest BCUT2D eigenvalue weighted by atomic mass is 9.99. The second-order valence-electron chi connectivity index (χ2n) is 4.81. The summed E-state index contributed by atoms with van der Waals surface area (Å²) >= 11 is 1.07. The molecule has 0 spiro atoms. The first-order valence-electron chi connectivity index (χ1n) is 6.95. The monoisotopic (exact) mass is 337 g/mol. The van der Waals surface area contributed by atoms with Crippen LogP contribution in [0.3, 0.4) is 0 Å². The van der Waals surface area contributed by atoms with Crippen LogP contribution in [0.4, 0.5) is 5.82 Å². The van der Waals surface area contributed by atoms with Crippen LogP contribution in [0.1, 0.15) is 25.8 Å². The van der Waals surface area contributed by atoms with Crippen molar-refractivity contribution in [2.24, 2.45) is 5.92 Å². The number of aromatic nitrogens is 2. The molecule has 1 amide bonds. The smallest absolute Gasteiger partial charge is 0.328 e. The Kier molecular flexibility index (Phi) is 7.28. The number of carbonyl (C=O) groups excluding carboxylic acids is 2. The number of carbonyl (C=O) groups is 2. The number of esters is 1. The van der Waals surface area contributed by atoms with Gasteiger partial charge < -0.3 is 15.8 Å². The molecule has 1 heterocycles. The van der Waals surface area contributed by atoms with E-state index in [1.807, 2.05) is 19.9 Å². The van der Waals surface area contributed by atoms with E-state index in [1.54, 1.807) is 0 Å². The fourth-order valence-corrected chi connectivity index (χ4v) is 2.31. The van der Waals surface area contributed by atoms with E-state index in [4.69, 9.17) is 15.7 Å². The van der Waals surface area contributed by atoms with E-state index in [2.05, 4.69) is 15.3 Å². The van der Waals surface area contributed by atoms with Crippen LogP contribution in [0.15, 0.2) is 11.4 Å². The number of methoxy groups -OCH3 is 1. The Balaban J connectivity index is 2.63. The van der Waals surface area contributed by atoms with Crippen LogP contribution in [0.5, 0.6) is 0 Å². The highest BCUT2D eigenvalue weighted by Crippen LogP contribution is 2.16. The Morgan fingerprint density at radius 2 is 2.26 bits per heavy atom. The van der Waals surface area contributed by atoms with Crippen LogP contribution in [-0.4, -0.2) is 40.7 Å². The highest BCUT2D eigenvalue weighted by molar-refractivity contribution is 7.99. The van der Waals surface area contributed by atoms with Gasteiger partial charge in [-0.15, -0.1) is 0 Å². The van der Waals surface area contributed by atoms with Gasteiger partial charge in [0.15, 0.2) is 5.16 Å². The molecule has 1 aromatic rings. The minimum Gasteiger partial charge on any atom is -0.467 e. The number of hydrogen-bond donors (Lipinski definition) is 2. The van der Waals surface area contributed by atoms with Crippen LogP contribution in [0.2, 0.25) is 0 Å². The van der Waals surface area contributed by atoms with Gasteiger partial charge in [0, 0.05) is 0 Å². The van der Waals surface area contributed by atoms with Gasteiger partial charge in [0.25, 0.3) is 0 Å². The van der Waals surface area contributed by atoms with Gasteiger partial charge in [-0.05, 0) is 5.92 Å². The number of anilines is 1. The molecular formula is C14H19N5O3S. The van der Waals surface area contributed by atoms with Gasteiger partial charge in [-0.1, -0.05) is 32.0 Å². The number of nitrogens with two attached hydrogens (primary N) is 1. The minimum atomic E-state index is -0.690. The molecule has 0 aliphatic carbocycles. The van der Waals surface area contributed by atoms with Gasteiger partial charge in [-0.25, -0.2) is 14.8 Å². The molecule has 2 atom stereocenters. The first kappa shape index (κ1) is 18.7. The predicted molar refractivity (Wildman–Crippen MR) is 85.3 cm³/mol. The summed E-state index contributed by atoms with van der Waals surface area (Å²) in [6.45, 7) is 3.79. The van der Waals surface area contributed by atoms with Crippen molar-refractivity contribution in [2.75, 3.05) is 18.6 Å². The molecule has 0 saturated carbocycles. The van der Waals surface area contributed by atoms with E-state index >= 15 is 0 Å². The fourth-order valence-electron chi connectivity index (χ4n) is 1.68. The zero-order chi connectivity index (χ0) is 17.4. The zero-order valence-corrected chi connectivity index (χ0v) is 14.0. The van der Waals surface area contributed by atoms with Crippen molar-refractivity contribution in [3.8, 4) is 6.07 Å². The van der Waals surface area contributed by atoms with Gasteiger partial charge in [0.2, 0.25) is 5.91 Å². The van der Waals surface area contributed by atoms with Crippen molar-refractivity contribution in [1.82, 2.24) is 15.3 Å². The van der Waals surface area contributed by atoms with Crippen LogP contribution in [0.25, 0.3) is 0 Å². The molecule has 1 rings (SSSR count). The number of hydrogen-bond acceptors (Lipinski definition) is 8. The van der Waals surface area contributed by atoms with E-state index in [9.17, 15) is 9.59 Å². The van der Waals surface area contributed by atoms with E-state index < -0.39 is 12.0 Å². The van der Waals surface area contributed by atoms with Crippen molar-refractivity contribution in [3.05, 3.63) is 11.8 Å². The van der Waals surface area contributed by atoms with Crippen LogP contribution < -0.4 is 11.1 Å². The molecule has 0 unspecified atom stereocenters. The standard InChI is InChI=1S/C14H19N5O3S/c1-4-8(2)11(13(21)22-3)18-10(20)7-23-14-17-6-9(5-15)12(16)19-14/h6,8,11H,4,7H2,1-3H3,(H,18,20)(H2,16,17,19)/t8-,11+/m1/s1. The first-order valence-corrected chi connectivity index (χ1v) is 7.94. The SMILES string of the molecule is CC[C@@H](C)[C@H](NC(=O)CSc1ncc(C#N)c(N)n1)C(=O)OC. The van der Waals surface area contributed by atoms with Gasteiger partial charge >= 0.3 is 5.97 Å². The Morgan fingerprint density at radius 1 is 1.57 bits per heavy atom. The maximum absolute atomic E-state index is 12.0. The average molecular weight is 337 g/mol. The van der Waals surface area contributed by atoms with E-state index in [-0.39, 0.29) is 34.1 Å². The Morgan fingerprint density at radius 3 is 2.78 bits per heavy atom. The molecule has 23 heavy (non-hydrogen) atoms. The molecular weight excluding hydrogens is 318 g/mol. The molecule has 3 N–H and O–H groups in total. The number of thioether (sulfide) groups is 1. The number of nitrogens with zero attached hydrogens (tertiary/aromatic N) is 3. The molecule has 9 heteroatoms. The quantitative estimate of drug-likeness (QED) is 0.423. The van der Waals surface area contributed by atoms with E-state index in [1.165, 1.54) is 13.3 Å². The van der Waals surface area contributed by atoms with Crippen molar-refractivity contribution in [1.29, 1.82) is 5.26 Å². The molecule has 0 radical (unpaired) electrons. The third-order valence-corrected chi connectivity index (χ3v) is 4.09. The summed E-state index contributed by atoms with van der Waals surface area (Å²) in [4.78, 5) is 31.6. The lowest BCUT2D eigenvalue weighted by molar-refractivity contribution is -0.146. The topological polar surface area (TPSA) is 131 Å². The highest BCUT2D eigenvalue weighted by Gasteiger charge is 2.26. The van der Waals surface area contributed by atoms with Crippen molar-refractivity contribution in [3.63, 3.8) is 0 Å². The maximum atomic E-state index is 12.0. The van der Waals surface area contributed by atoms with Crippen molar-refractivity contribution >= 4 is 29.5 Å². The van der Waals surface area contributed by atoms with Gasteiger partial charge in [-0.3, -0.25) is 4.79 Å². The number of ether oxygens (including phenoxy) is 1. The molecule has 124 valence electrons. The third-order valence-electron chi connectivity index (χ3n) is 3.23. The average Bonchev–Trinajstić information content (AvgIpc) is 2.56. The number of rotatable bonds is 7. The van der Waals surface area contributed by atoms with Crippen LogP contribution in [-0.2, 0) is 14.3 Å². The summed E-state index contributed by atoms with van der Waals surface area (Å²) in [6.07, 6.45) is 2.03. The Labute approximate surface area is 138 Å². The number of nitriles is 1. The van der Waals surface area contributed by atoms with E-state index in [0.29, 0.717) is 0 Å². The highest BCUT2D eigenvalue weighted by atomic mass is 32.2. The summed E-state index contributed by atoms with van der Waals surface area (Å²) < 4.78 is 4.71. The van der Waals surface area contributed by atoms with Gasteiger partial charge in [0.05, 0.1) is 19.1 Å². The third kappa shape index (κ3) is 5.41. The lowest BCUT2D eigenvalue weighted by Crippen LogP contribution is -2.46. The summed E-state index contributed by atoms with van der Waals surface area (Å²) in [5.74, 6) is -0.764. The maximum Gasteiger partial charge on any atom is 0.328 e. The van der Waals surface area contributed by atoms with Crippen LogP contribution in [0, 0.1) is 17.2 Å². The Hall–Kier alpha value is -2.34. The van der Waals surface area contributed by atoms with Crippen LogP contribution >= 0.6 is 11.8 Å². The second kappa shape index (κ2) is 8.95. The molecule has 8 nitrogen and oxygen atoms in total. The van der Waals surface area contributed by atoms with Gasteiger partial charge in [0.1, 0.15) is 23.5 Å². The summed E-state index contributed by atoms with van der Waals surface area (Å²) in [5, 5.41) is 11.7. The molecule has 0 aliphatic heterocycles. The molecule has 0 fully saturated rings. The largest absolute Gasteiger partial charge is 0.467 e. The predicted octanol–water partition coefficient (Wildman–Crippen LogP) is 0.726. The number of nitrogens with one attached hydrogen (secondary N) is 1. The summed E-state index contributed by atoms with van der Waals surface area (Å²) in [5.41, 5.74) is 5.77. The second-order valence-corrected chi connectivity index (χ2v) is 5.75. The Bertz CT molecular complexity index is 617. The van der Waals surface area contributed by atoms with Crippen molar-refractivity contribution < 1.29 is 14.3 Å². The van der Waals surface area contributed by atoms with Gasteiger partial charge in [-0.2, -0.15) is 5.26 Å².